The van der Waals surface area contributed by atoms with Gasteiger partial charge < -0.3 is 14.2 Å². The minimum Gasteiger partial charge on any atom is -0.467 e. The van der Waals surface area contributed by atoms with Gasteiger partial charge in [0.15, 0.2) is 0 Å². The maximum absolute atomic E-state index is 12.9. The van der Waals surface area contributed by atoms with Gasteiger partial charge in [0.2, 0.25) is 21.8 Å². The van der Waals surface area contributed by atoms with Gasteiger partial charge in [-0.3, -0.25) is 9.59 Å². The molecular weight excluding hydrogens is 418 g/mol. The van der Waals surface area contributed by atoms with Gasteiger partial charge in [0.25, 0.3) is 0 Å². The number of carbonyl (C=O) groups is 2. The first-order valence-electron chi connectivity index (χ1n) is 10.2. The third-order valence-electron chi connectivity index (χ3n) is 5.63. The Morgan fingerprint density at radius 2 is 1.81 bits per heavy atom. The molecule has 2 saturated heterocycles. The van der Waals surface area contributed by atoms with E-state index in [1.54, 1.807) is 34.3 Å². The van der Waals surface area contributed by atoms with E-state index in [9.17, 15) is 18.0 Å². The Bertz CT molecular complexity index is 1040. The fraction of sp³-hybridized carbons (Fsp3) is 0.364. The fourth-order valence-electron chi connectivity index (χ4n) is 3.92. The zero-order chi connectivity index (χ0) is 21.8. The van der Waals surface area contributed by atoms with Crippen LogP contribution in [0.15, 0.2) is 58.6 Å². The second-order valence-electron chi connectivity index (χ2n) is 7.74. The molecule has 0 unspecified atom stereocenters. The van der Waals surface area contributed by atoms with Gasteiger partial charge in [0, 0.05) is 44.6 Å². The summed E-state index contributed by atoms with van der Waals surface area (Å²) in [6.07, 6.45) is 3.31. The second-order valence-corrected chi connectivity index (χ2v) is 9.56. The van der Waals surface area contributed by atoms with E-state index in [1.165, 1.54) is 9.71 Å². The normalized spacial score (nSPS) is 20.6. The minimum atomic E-state index is -3.55. The summed E-state index contributed by atoms with van der Waals surface area (Å²) in [5, 5.41) is 1.21. The summed E-state index contributed by atoms with van der Waals surface area (Å²) in [5.74, 6) is 0.126. The first kappa shape index (κ1) is 21.3. The number of rotatable bonds is 6. The molecule has 1 atom stereocenters. The van der Waals surface area contributed by atoms with Crippen molar-refractivity contribution in [2.75, 3.05) is 32.7 Å². The van der Waals surface area contributed by atoms with Crippen molar-refractivity contribution in [3.8, 4) is 0 Å². The number of furan rings is 1. The lowest BCUT2D eigenvalue weighted by molar-refractivity contribution is -0.137. The molecule has 0 N–H and O–H groups in total. The molecule has 2 fully saturated rings. The van der Waals surface area contributed by atoms with Crippen molar-refractivity contribution < 1.29 is 22.4 Å². The van der Waals surface area contributed by atoms with E-state index in [0.29, 0.717) is 31.9 Å². The number of hydrogen-bond donors (Lipinski definition) is 0. The van der Waals surface area contributed by atoms with Crippen molar-refractivity contribution in [2.45, 2.75) is 13.0 Å². The Hall–Kier alpha value is -2.91. The standard InChI is InChI=1S/C22H25N3O5S/c26-21-15-19(16-24(21)17-20-7-4-13-30-20)22(27)23-9-11-25(12-10-23)31(28,29)14-8-18-5-2-1-3-6-18/h1-8,13-14,19H,9-12,15-17H2/b14-8+/t19-/m1/s1. The van der Waals surface area contributed by atoms with Crippen LogP contribution in [0.4, 0.5) is 0 Å². The van der Waals surface area contributed by atoms with Gasteiger partial charge >= 0.3 is 0 Å². The van der Waals surface area contributed by atoms with Crippen molar-refractivity contribution >= 4 is 27.9 Å². The minimum absolute atomic E-state index is 0.0676. The Labute approximate surface area is 181 Å². The molecule has 2 amide bonds. The molecular formula is C22H25N3O5S. The van der Waals surface area contributed by atoms with E-state index in [1.807, 2.05) is 30.3 Å². The number of piperazine rings is 1. The molecule has 2 aromatic rings. The van der Waals surface area contributed by atoms with E-state index in [4.69, 9.17) is 4.42 Å². The Morgan fingerprint density at radius 1 is 1.06 bits per heavy atom. The predicted octanol–water partition coefficient (Wildman–Crippen LogP) is 1.77. The second kappa shape index (κ2) is 9.07. The molecule has 0 saturated carbocycles. The van der Waals surface area contributed by atoms with Crippen molar-refractivity contribution in [1.29, 1.82) is 0 Å². The van der Waals surface area contributed by atoms with Crippen LogP contribution in [0.25, 0.3) is 6.08 Å². The van der Waals surface area contributed by atoms with Gasteiger partial charge in [-0.2, -0.15) is 4.31 Å². The smallest absolute Gasteiger partial charge is 0.236 e. The number of likely N-dealkylation sites (tertiary alicyclic amines) is 1. The molecule has 1 aromatic heterocycles. The molecule has 8 nitrogen and oxygen atoms in total. The molecule has 2 aliphatic rings. The highest BCUT2D eigenvalue weighted by molar-refractivity contribution is 7.92. The van der Waals surface area contributed by atoms with Crippen LogP contribution in [0.3, 0.4) is 0 Å². The highest BCUT2D eigenvalue weighted by Gasteiger charge is 2.38. The number of nitrogens with zero attached hydrogens (tertiary/aromatic N) is 3. The monoisotopic (exact) mass is 443 g/mol. The molecule has 0 spiro atoms. The zero-order valence-electron chi connectivity index (χ0n) is 17.1. The summed E-state index contributed by atoms with van der Waals surface area (Å²) >= 11 is 0. The molecule has 0 aliphatic carbocycles. The number of benzene rings is 1. The highest BCUT2D eigenvalue weighted by atomic mass is 32.2. The molecule has 2 aliphatic heterocycles. The number of hydrogen-bond acceptors (Lipinski definition) is 5. The lowest BCUT2D eigenvalue weighted by Crippen LogP contribution is -2.51. The van der Waals surface area contributed by atoms with Crippen LogP contribution in [0.1, 0.15) is 17.7 Å². The maximum Gasteiger partial charge on any atom is 0.236 e. The van der Waals surface area contributed by atoms with Gasteiger partial charge in [-0.25, -0.2) is 8.42 Å². The molecule has 164 valence electrons. The summed E-state index contributed by atoms with van der Waals surface area (Å²) in [6.45, 7) is 1.83. The SMILES string of the molecule is O=C1C[C@@H](C(=O)N2CCN(S(=O)(=O)/C=C/c3ccccc3)CC2)CN1Cc1ccco1. The Balaban J connectivity index is 1.30. The molecule has 3 heterocycles. The lowest BCUT2D eigenvalue weighted by atomic mass is 10.1. The topological polar surface area (TPSA) is 91.1 Å². The summed E-state index contributed by atoms with van der Waals surface area (Å²) in [4.78, 5) is 28.5. The molecule has 1 aromatic carbocycles. The van der Waals surface area contributed by atoms with Crippen LogP contribution in [0.5, 0.6) is 0 Å². The molecule has 4 rings (SSSR count). The first-order valence-corrected chi connectivity index (χ1v) is 11.7. The van der Waals surface area contributed by atoms with E-state index in [2.05, 4.69) is 0 Å². The molecule has 9 heteroatoms. The van der Waals surface area contributed by atoms with Crippen LogP contribution in [-0.2, 0) is 26.2 Å². The summed E-state index contributed by atoms with van der Waals surface area (Å²) in [5.41, 5.74) is 0.810. The average molecular weight is 444 g/mol. The van der Waals surface area contributed by atoms with Gasteiger partial charge in [0.1, 0.15) is 5.76 Å². The van der Waals surface area contributed by atoms with E-state index in [-0.39, 0.29) is 31.3 Å². The van der Waals surface area contributed by atoms with Gasteiger partial charge in [-0.05, 0) is 23.8 Å². The largest absolute Gasteiger partial charge is 0.467 e. The third kappa shape index (κ3) is 5.05. The highest BCUT2D eigenvalue weighted by Crippen LogP contribution is 2.23. The van der Waals surface area contributed by atoms with Crippen molar-refractivity contribution in [3.05, 3.63) is 65.5 Å². The summed E-state index contributed by atoms with van der Waals surface area (Å²) in [6, 6.07) is 12.8. The Kier molecular flexibility index (Phi) is 6.24. The lowest BCUT2D eigenvalue weighted by Gasteiger charge is -2.34. The van der Waals surface area contributed by atoms with E-state index in [0.717, 1.165) is 5.56 Å². The maximum atomic E-state index is 12.9. The van der Waals surface area contributed by atoms with E-state index >= 15 is 0 Å². The number of sulfonamides is 1. The number of carbonyl (C=O) groups excluding carboxylic acids is 2. The van der Waals surface area contributed by atoms with Crippen molar-refractivity contribution in [3.63, 3.8) is 0 Å². The van der Waals surface area contributed by atoms with Crippen molar-refractivity contribution in [1.82, 2.24) is 14.1 Å². The molecule has 0 bridgehead atoms. The summed E-state index contributed by atoms with van der Waals surface area (Å²) < 4.78 is 31.9. The third-order valence-corrected chi connectivity index (χ3v) is 7.20. The van der Waals surface area contributed by atoms with Gasteiger partial charge in [0.05, 0.1) is 18.7 Å². The van der Waals surface area contributed by atoms with Gasteiger partial charge in [-0.1, -0.05) is 30.3 Å². The predicted molar refractivity (Wildman–Crippen MR) is 115 cm³/mol. The van der Waals surface area contributed by atoms with E-state index < -0.39 is 15.9 Å². The molecule has 0 radical (unpaired) electrons. The van der Waals surface area contributed by atoms with Crippen LogP contribution >= 0.6 is 0 Å². The number of amides is 2. The van der Waals surface area contributed by atoms with Crippen LogP contribution in [0.2, 0.25) is 0 Å². The van der Waals surface area contributed by atoms with Gasteiger partial charge in [-0.15, -0.1) is 0 Å². The van der Waals surface area contributed by atoms with Crippen molar-refractivity contribution in [2.24, 2.45) is 5.92 Å². The van der Waals surface area contributed by atoms with Crippen LogP contribution < -0.4 is 0 Å². The average Bonchev–Trinajstić information content (AvgIpc) is 3.43. The quantitative estimate of drug-likeness (QED) is 0.679. The van der Waals surface area contributed by atoms with Crippen LogP contribution in [0, 0.1) is 5.92 Å². The fourth-order valence-corrected chi connectivity index (χ4v) is 5.09. The first-order chi connectivity index (χ1) is 14.9. The molecule has 31 heavy (non-hydrogen) atoms. The van der Waals surface area contributed by atoms with Crippen LogP contribution in [-0.4, -0.2) is 67.1 Å². The Morgan fingerprint density at radius 3 is 2.48 bits per heavy atom. The summed E-state index contributed by atoms with van der Waals surface area (Å²) in [7, 11) is -3.55. The zero-order valence-corrected chi connectivity index (χ0v) is 17.9.